The van der Waals surface area contributed by atoms with Gasteiger partial charge in [-0.3, -0.25) is 4.79 Å². The van der Waals surface area contributed by atoms with Crippen molar-refractivity contribution in [3.05, 3.63) is 70.4 Å². The summed E-state index contributed by atoms with van der Waals surface area (Å²) in [7, 11) is -3.59. The zero-order valence-corrected chi connectivity index (χ0v) is 22.3. The molecule has 1 aromatic heterocycles. The van der Waals surface area contributed by atoms with Crippen LogP contribution in [-0.2, 0) is 21.5 Å². The summed E-state index contributed by atoms with van der Waals surface area (Å²) in [5, 5.41) is 7.84. The Labute approximate surface area is 212 Å². The molecule has 9 heteroatoms. The smallest absolute Gasteiger partial charge is 0.256 e. The van der Waals surface area contributed by atoms with Crippen molar-refractivity contribution in [2.75, 3.05) is 18.4 Å². The first-order valence-electron chi connectivity index (χ1n) is 11.9. The number of hydrogen-bond donors (Lipinski definition) is 1. The number of fused-ring (bicyclic) bond motifs is 1. The van der Waals surface area contributed by atoms with Gasteiger partial charge in [0.15, 0.2) is 0 Å². The molecule has 35 heavy (non-hydrogen) atoms. The minimum atomic E-state index is -3.59. The molecule has 7 nitrogen and oxygen atoms in total. The van der Waals surface area contributed by atoms with Gasteiger partial charge in [0.25, 0.3) is 5.91 Å². The van der Waals surface area contributed by atoms with Gasteiger partial charge in [-0.05, 0) is 74.2 Å². The van der Waals surface area contributed by atoms with E-state index in [1.807, 2.05) is 32.4 Å². The van der Waals surface area contributed by atoms with E-state index in [4.69, 9.17) is 5.10 Å². The molecule has 0 aliphatic carbocycles. The monoisotopic (exact) mass is 512 g/mol. The van der Waals surface area contributed by atoms with Crippen LogP contribution in [0.4, 0.5) is 5.82 Å². The molecule has 4 rings (SSSR count). The Bertz CT molecular complexity index is 1310. The van der Waals surface area contributed by atoms with Gasteiger partial charge in [-0.25, -0.2) is 13.1 Å². The van der Waals surface area contributed by atoms with Crippen molar-refractivity contribution in [1.29, 1.82) is 0 Å². The zero-order chi connectivity index (χ0) is 25.2. The van der Waals surface area contributed by atoms with Crippen molar-refractivity contribution in [1.82, 2.24) is 14.1 Å². The van der Waals surface area contributed by atoms with Gasteiger partial charge in [0.05, 0.1) is 16.3 Å². The Balaban J connectivity index is 1.61. The topological polar surface area (TPSA) is 84.3 Å². The van der Waals surface area contributed by atoms with E-state index in [0.29, 0.717) is 24.5 Å². The van der Waals surface area contributed by atoms with E-state index in [9.17, 15) is 13.2 Å². The lowest BCUT2D eigenvalue weighted by molar-refractivity contribution is 0.102. The number of carbonyl (C=O) groups is 1. The molecule has 0 bridgehead atoms. The Morgan fingerprint density at radius 2 is 1.66 bits per heavy atom. The molecule has 186 valence electrons. The molecule has 0 fully saturated rings. The Morgan fingerprint density at radius 3 is 2.26 bits per heavy atom. The second-order valence-electron chi connectivity index (χ2n) is 8.91. The van der Waals surface area contributed by atoms with E-state index >= 15 is 0 Å². The number of thioether (sulfide) groups is 1. The molecule has 2 heterocycles. The van der Waals surface area contributed by atoms with E-state index in [1.54, 1.807) is 23.9 Å². The molecular formula is C26H32N4O3S2. The average molecular weight is 513 g/mol. The van der Waals surface area contributed by atoms with Crippen LogP contribution in [0, 0.1) is 13.8 Å². The summed E-state index contributed by atoms with van der Waals surface area (Å²) >= 11 is 1.77. The Kier molecular flexibility index (Phi) is 7.68. The van der Waals surface area contributed by atoms with E-state index < -0.39 is 10.0 Å². The quantitative estimate of drug-likeness (QED) is 0.421. The molecule has 1 aliphatic rings. The maximum absolute atomic E-state index is 13.2. The number of benzene rings is 2. The highest BCUT2D eigenvalue weighted by molar-refractivity contribution is 7.98. The average Bonchev–Trinajstić information content (AvgIpc) is 3.41. The lowest BCUT2D eigenvalue weighted by atomic mass is 10.1. The van der Waals surface area contributed by atoms with Gasteiger partial charge < -0.3 is 5.32 Å². The van der Waals surface area contributed by atoms with Crippen LogP contribution in [0.15, 0.2) is 47.4 Å². The Hall–Kier alpha value is -2.62. The van der Waals surface area contributed by atoms with Crippen LogP contribution < -0.4 is 5.32 Å². The number of hydrogen-bond acceptors (Lipinski definition) is 5. The van der Waals surface area contributed by atoms with Crippen molar-refractivity contribution in [2.24, 2.45) is 0 Å². The van der Waals surface area contributed by atoms with E-state index in [2.05, 4.69) is 23.5 Å². The van der Waals surface area contributed by atoms with Crippen molar-refractivity contribution < 1.29 is 13.2 Å². The fraction of sp³-hybridized carbons (Fsp3) is 0.385. The summed E-state index contributed by atoms with van der Waals surface area (Å²) in [6.45, 7) is 8.96. The number of carbonyl (C=O) groups excluding carboxylic acids is 1. The summed E-state index contributed by atoms with van der Waals surface area (Å²) in [5.41, 5.74) is 5.58. The van der Waals surface area contributed by atoms with Crippen LogP contribution >= 0.6 is 11.8 Å². The van der Waals surface area contributed by atoms with Gasteiger partial charge in [0.2, 0.25) is 10.0 Å². The number of nitrogens with one attached hydrogen (secondary N) is 1. The fourth-order valence-corrected chi connectivity index (χ4v) is 7.02. The maximum atomic E-state index is 13.2. The SMILES string of the molecule is CCCN(CCC)S(=O)(=O)c1ccc(C(=O)Nc2c3c(nn2-c2cc(C)cc(C)c2)CSC3)cc1. The number of anilines is 1. The summed E-state index contributed by atoms with van der Waals surface area (Å²) < 4.78 is 29.4. The predicted octanol–water partition coefficient (Wildman–Crippen LogP) is 5.30. The molecule has 0 atom stereocenters. The van der Waals surface area contributed by atoms with Gasteiger partial charge >= 0.3 is 0 Å². The van der Waals surface area contributed by atoms with E-state index in [0.717, 1.165) is 52.4 Å². The van der Waals surface area contributed by atoms with Crippen molar-refractivity contribution in [3.63, 3.8) is 0 Å². The number of rotatable bonds is 9. The van der Waals surface area contributed by atoms with Crippen LogP contribution in [-0.4, -0.2) is 41.5 Å². The molecule has 0 radical (unpaired) electrons. The maximum Gasteiger partial charge on any atom is 0.256 e. The third-order valence-electron chi connectivity index (χ3n) is 5.94. The second kappa shape index (κ2) is 10.6. The van der Waals surface area contributed by atoms with Crippen molar-refractivity contribution in [3.8, 4) is 5.69 Å². The second-order valence-corrected chi connectivity index (χ2v) is 11.8. The largest absolute Gasteiger partial charge is 0.306 e. The van der Waals surface area contributed by atoms with Crippen LogP contribution in [0.2, 0.25) is 0 Å². The van der Waals surface area contributed by atoms with Crippen molar-refractivity contribution >= 4 is 33.5 Å². The summed E-state index contributed by atoms with van der Waals surface area (Å²) in [6, 6.07) is 12.4. The first-order valence-corrected chi connectivity index (χ1v) is 14.5. The van der Waals surface area contributed by atoms with Crippen molar-refractivity contribution in [2.45, 2.75) is 56.9 Å². The third-order valence-corrected chi connectivity index (χ3v) is 8.82. The molecular weight excluding hydrogens is 480 g/mol. The van der Waals surface area contributed by atoms with Gasteiger partial charge in [-0.15, -0.1) is 0 Å². The van der Waals surface area contributed by atoms with Crippen LogP contribution in [0.3, 0.4) is 0 Å². The van der Waals surface area contributed by atoms with E-state index in [1.165, 1.54) is 16.4 Å². The molecule has 1 amide bonds. The lowest BCUT2D eigenvalue weighted by Gasteiger charge is -2.21. The summed E-state index contributed by atoms with van der Waals surface area (Å²) in [6.07, 6.45) is 1.49. The highest BCUT2D eigenvalue weighted by atomic mass is 32.2. The number of amides is 1. The molecule has 1 aliphatic heterocycles. The number of sulfonamides is 1. The number of aryl methyl sites for hydroxylation is 2. The van der Waals surface area contributed by atoms with Gasteiger partial charge in [-0.1, -0.05) is 19.9 Å². The first kappa shape index (κ1) is 25.5. The molecule has 1 N–H and O–H groups in total. The third kappa shape index (κ3) is 5.32. The minimum Gasteiger partial charge on any atom is -0.306 e. The highest BCUT2D eigenvalue weighted by Gasteiger charge is 2.26. The molecule has 0 spiro atoms. The summed E-state index contributed by atoms with van der Waals surface area (Å²) in [4.78, 5) is 13.4. The van der Waals surface area contributed by atoms with Crippen LogP contribution in [0.25, 0.3) is 5.69 Å². The van der Waals surface area contributed by atoms with Crippen LogP contribution in [0.5, 0.6) is 0 Å². The molecule has 3 aromatic rings. The first-order chi connectivity index (χ1) is 16.7. The normalized spacial score (nSPS) is 13.3. The molecule has 0 unspecified atom stereocenters. The predicted molar refractivity (Wildman–Crippen MR) is 142 cm³/mol. The zero-order valence-electron chi connectivity index (χ0n) is 20.7. The molecule has 2 aromatic carbocycles. The standard InChI is InChI=1S/C26H32N4O3S2/c1-5-11-29(12-6-2)35(32,33)22-9-7-20(8-10-22)26(31)27-25-23-16-34-17-24(23)28-30(25)21-14-18(3)13-19(4)15-21/h7-10,13-15H,5-6,11-12,16-17H2,1-4H3,(H,27,31). The lowest BCUT2D eigenvalue weighted by Crippen LogP contribution is -2.32. The molecule has 0 saturated carbocycles. The van der Waals surface area contributed by atoms with Gasteiger partial charge in [0, 0.05) is 35.7 Å². The van der Waals surface area contributed by atoms with Gasteiger partial charge in [0.1, 0.15) is 5.82 Å². The fourth-order valence-electron chi connectivity index (χ4n) is 4.36. The number of nitrogens with zero attached hydrogens (tertiary/aromatic N) is 3. The Morgan fingerprint density at radius 1 is 1.03 bits per heavy atom. The number of aromatic nitrogens is 2. The molecule has 0 saturated heterocycles. The van der Waals surface area contributed by atoms with Crippen LogP contribution in [0.1, 0.15) is 59.4 Å². The van der Waals surface area contributed by atoms with Gasteiger partial charge in [-0.2, -0.15) is 21.2 Å². The van der Waals surface area contributed by atoms with E-state index in [-0.39, 0.29) is 10.8 Å². The highest BCUT2D eigenvalue weighted by Crippen LogP contribution is 2.36. The summed E-state index contributed by atoms with van der Waals surface area (Å²) in [5.74, 6) is 1.98. The minimum absolute atomic E-state index is 0.202.